The number of halogens is 3. The largest absolute Gasteiger partial charge is 0.207 e. The maximum Gasteiger partial charge on any atom is 0.123 e. The van der Waals surface area contributed by atoms with E-state index in [-0.39, 0.29) is 5.82 Å². The van der Waals surface area contributed by atoms with Gasteiger partial charge in [0.2, 0.25) is 0 Å². The molecule has 1 aromatic rings. The maximum atomic E-state index is 13.0. The molecule has 0 nitrogen and oxygen atoms in total. The first-order chi connectivity index (χ1) is 7.50. The molecule has 0 aliphatic carbocycles. The molecule has 1 aromatic carbocycles. The van der Waals surface area contributed by atoms with E-state index in [0.29, 0.717) is 10.7 Å². The van der Waals surface area contributed by atoms with Crippen LogP contribution in [0.25, 0.3) is 0 Å². The number of hydrogen-bond acceptors (Lipinski definition) is 0. The average Bonchev–Trinajstić information content (AvgIpc) is 2.22. The number of aryl methyl sites for hydroxylation is 1. The van der Waals surface area contributed by atoms with Crippen molar-refractivity contribution in [3.63, 3.8) is 0 Å². The zero-order valence-corrected chi connectivity index (χ0v) is 12.8. The molecule has 0 N–H and O–H groups in total. The van der Waals surface area contributed by atoms with Crippen molar-refractivity contribution in [3.05, 3.63) is 34.1 Å². The molecule has 0 fully saturated rings. The van der Waals surface area contributed by atoms with Gasteiger partial charge < -0.3 is 0 Å². The van der Waals surface area contributed by atoms with E-state index in [2.05, 4.69) is 45.7 Å². The summed E-state index contributed by atoms with van der Waals surface area (Å²) in [6.45, 7) is 4.41. The van der Waals surface area contributed by atoms with Crippen molar-refractivity contribution in [1.29, 1.82) is 0 Å². The molecule has 0 saturated carbocycles. The minimum Gasteiger partial charge on any atom is -0.207 e. The van der Waals surface area contributed by atoms with Crippen molar-refractivity contribution >= 4 is 31.9 Å². The van der Waals surface area contributed by atoms with Crippen LogP contribution < -0.4 is 0 Å². The van der Waals surface area contributed by atoms with Crippen LogP contribution in [0, 0.1) is 11.7 Å². The Morgan fingerprint density at radius 2 is 2.00 bits per heavy atom. The van der Waals surface area contributed by atoms with Crippen molar-refractivity contribution < 1.29 is 4.39 Å². The summed E-state index contributed by atoms with van der Waals surface area (Å²) >= 11 is 7.11. The molecule has 0 radical (unpaired) electrons. The molecule has 0 bridgehead atoms. The monoisotopic (exact) mass is 350 g/mol. The predicted octanol–water partition coefficient (Wildman–Crippen LogP) is 5.33. The van der Waals surface area contributed by atoms with Gasteiger partial charge in [0.1, 0.15) is 5.82 Å². The Hall–Kier alpha value is 0.110. The lowest BCUT2D eigenvalue weighted by atomic mass is 10.0. The second-order valence-corrected chi connectivity index (χ2v) is 6.42. The third kappa shape index (κ3) is 4.54. The van der Waals surface area contributed by atoms with E-state index >= 15 is 0 Å². The number of hydrogen-bond donors (Lipinski definition) is 0. The van der Waals surface area contributed by atoms with Gasteiger partial charge in [-0.2, -0.15) is 0 Å². The summed E-state index contributed by atoms with van der Waals surface area (Å²) in [5.74, 6) is 0.494. The molecule has 0 aliphatic rings. The first kappa shape index (κ1) is 14.2. The van der Waals surface area contributed by atoms with Crippen LogP contribution in [0.15, 0.2) is 22.7 Å². The lowest BCUT2D eigenvalue weighted by Gasteiger charge is -2.13. The summed E-state index contributed by atoms with van der Waals surface area (Å²) in [4.78, 5) is 0.555. The third-order valence-electron chi connectivity index (χ3n) is 2.66. The predicted molar refractivity (Wildman–Crippen MR) is 74.6 cm³/mol. The maximum absolute atomic E-state index is 13.0. The van der Waals surface area contributed by atoms with Crippen molar-refractivity contribution in [2.45, 2.75) is 37.9 Å². The number of alkyl halides is 1. The van der Waals surface area contributed by atoms with Crippen LogP contribution in [0.2, 0.25) is 0 Å². The summed E-state index contributed by atoms with van der Waals surface area (Å²) in [5.41, 5.74) is 1.06. The van der Waals surface area contributed by atoms with Gasteiger partial charge in [-0.05, 0) is 48.9 Å². The highest BCUT2D eigenvalue weighted by molar-refractivity contribution is 9.10. The van der Waals surface area contributed by atoms with Gasteiger partial charge in [-0.15, -0.1) is 0 Å². The smallest absolute Gasteiger partial charge is 0.123 e. The van der Waals surface area contributed by atoms with Crippen LogP contribution in [0.4, 0.5) is 4.39 Å². The molecule has 0 saturated heterocycles. The van der Waals surface area contributed by atoms with Crippen molar-refractivity contribution in [1.82, 2.24) is 0 Å². The molecule has 16 heavy (non-hydrogen) atoms. The molecule has 3 heteroatoms. The van der Waals surface area contributed by atoms with Gasteiger partial charge >= 0.3 is 0 Å². The first-order valence-corrected chi connectivity index (χ1v) is 7.29. The van der Waals surface area contributed by atoms with Gasteiger partial charge in [0.15, 0.2) is 0 Å². The van der Waals surface area contributed by atoms with Crippen molar-refractivity contribution in [2.24, 2.45) is 5.92 Å². The summed E-state index contributed by atoms with van der Waals surface area (Å²) < 4.78 is 14.0. The second-order valence-electron chi connectivity index (χ2n) is 4.39. The normalized spacial score (nSPS) is 13.1. The Kier molecular flexibility index (Phi) is 5.98. The molecule has 0 amide bonds. The molecule has 0 aromatic heterocycles. The van der Waals surface area contributed by atoms with E-state index in [1.165, 1.54) is 6.07 Å². The summed E-state index contributed by atoms with van der Waals surface area (Å²) in [6, 6.07) is 4.87. The average molecular weight is 352 g/mol. The summed E-state index contributed by atoms with van der Waals surface area (Å²) in [5, 5.41) is 0. The van der Waals surface area contributed by atoms with E-state index in [1.54, 1.807) is 12.1 Å². The van der Waals surface area contributed by atoms with Crippen LogP contribution in [-0.4, -0.2) is 4.83 Å². The van der Waals surface area contributed by atoms with Crippen LogP contribution in [0.5, 0.6) is 0 Å². The molecular formula is C13H17Br2F. The molecule has 1 unspecified atom stereocenters. The number of benzene rings is 1. The van der Waals surface area contributed by atoms with Crippen LogP contribution >= 0.6 is 31.9 Å². The van der Waals surface area contributed by atoms with Gasteiger partial charge in [-0.3, -0.25) is 0 Å². The molecular weight excluding hydrogens is 335 g/mol. The highest BCUT2D eigenvalue weighted by Gasteiger charge is 2.09. The van der Waals surface area contributed by atoms with Gasteiger partial charge in [0, 0.05) is 9.30 Å². The van der Waals surface area contributed by atoms with Crippen LogP contribution in [0.1, 0.15) is 32.3 Å². The van der Waals surface area contributed by atoms with E-state index in [9.17, 15) is 4.39 Å². The number of rotatable bonds is 5. The molecule has 0 aliphatic heterocycles. The first-order valence-electron chi connectivity index (χ1n) is 5.58. The fourth-order valence-corrected chi connectivity index (χ4v) is 2.32. The van der Waals surface area contributed by atoms with Crippen LogP contribution in [0.3, 0.4) is 0 Å². The second kappa shape index (κ2) is 6.75. The zero-order chi connectivity index (χ0) is 12.1. The lowest BCUT2D eigenvalue weighted by molar-refractivity contribution is 0.561. The SMILES string of the molecule is CC(C)C(Br)CCCc1cc(F)ccc1Br. The quantitative estimate of drug-likeness (QED) is 0.629. The molecule has 1 atom stereocenters. The lowest BCUT2D eigenvalue weighted by Crippen LogP contribution is -2.07. The van der Waals surface area contributed by atoms with Crippen LogP contribution in [-0.2, 0) is 6.42 Å². The fraction of sp³-hybridized carbons (Fsp3) is 0.538. The highest BCUT2D eigenvalue weighted by Crippen LogP contribution is 2.23. The molecule has 90 valence electrons. The Morgan fingerprint density at radius 1 is 1.31 bits per heavy atom. The van der Waals surface area contributed by atoms with Gasteiger partial charge in [0.05, 0.1) is 0 Å². The van der Waals surface area contributed by atoms with Gasteiger partial charge in [0.25, 0.3) is 0 Å². The Labute approximate surface area is 114 Å². The van der Waals surface area contributed by atoms with E-state index in [4.69, 9.17) is 0 Å². The van der Waals surface area contributed by atoms with E-state index < -0.39 is 0 Å². The molecule has 0 spiro atoms. The summed E-state index contributed by atoms with van der Waals surface area (Å²) in [7, 11) is 0. The van der Waals surface area contributed by atoms with Crippen molar-refractivity contribution in [2.75, 3.05) is 0 Å². The fourth-order valence-electron chi connectivity index (χ4n) is 1.56. The van der Waals surface area contributed by atoms with E-state index in [0.717, 1.165) is 29.3 Å². The molecule has 0 heterocycles. The Balaban J connectivity index is 2.45. The zero-order valence-electron chi connectivity index (χ0n) is 9.64. The van der Waals surface area contributed by atoms with Crippen molar-refractivity contribution in [3.8, 4) is 0 Å². The third-order valence-corrected chi connectivity index (χ3v) is 4.95. The minimum atomic E-state index is -0.155. The Bertz CT molecular complexity index is 337. The highest BCUT2D eigenvalue weighted by atomic mass is 79.9. The standard InChI is InChI=1S/C13H17Br2F/c1-9(2)12(14)5-3-4-10-8-11(16)6-7-13(10)15/h6-9,12H,3-5H2,1-2H3. The minimum absolute atomic E-state index is 0.155. The van der Waals surface area contributed by atoms with Gasteiger partial charge in [-0.1, -0.05) is 45.7 Å². The topological polar surface area (TPSA) is 0 Å². The van der Waals surface area contributed by atoms with E-state index in [1.807, 2.05) is 0 Å². The molecule has 1 rings (SSSR count). The Morgan fingerprint density at radius 3 is 2.62 bits per heavy atom. The summed E-state index contributed by atoms with van der Waals surface area (Å²) in [6.07, 6.45) is 3.13. The van der Waals surface area contributed by atoms with Gasteiger partial charge in [-0.25, -0.2) is 4.39 Å².